The van der Waals surface area contributed by atoms with Crippen LogP contribution in [0.5, 0.6) is 0 Å². The monoisotopic (exact) mass is 438 g/mol. The first-order chi connectivity index (χ1) is 15.0. The lowest BCUT2D eigenvalue weighted by Gasteiger charge is -2.10. The second-order valence-corrected chi connectivity index (χ2v) is 7.36. The molecule has 0 aliphatic rings. The summed E-state index contributed by atoms with van der Waals surface area (Å²) in [5.41, 5.74) is 1.40. The zero-order valence-electron chi connectivity index (χ0n) is 16.6. The molecule has 0 aliphatic carbocycles. The zero-order chi connectivity index (χ0) is 22.0. The largest absolute Gasteiger partial charge is 0.448 e. The van der Waals surface area contributed by atoms with Gasteiger partial charge in [-0.3, -0.25) is 19.0 Å². The Morgan fingerprint density at radius 3 is 2.77 bits per heavy atom. The molecule has 0 aliphatic heterocycles. The van der Waals surface area contributed by atoms with Gasteiger partial charge in [0, 0.05) is 17.6 Å². The number of nitrogens with one attached hydrogen (secondary N) is 2. The Morgan fingerprint density at radius 2 is 2.00 bits per heavy atom. The fourth-order valence-electron chi connectivity index (χ4n) is 3.19. The molecule has 0 bridgehead atoms. The van der Waals surface area contributed by atoms with Crippen molar-refractivity contribution in [3.05, 3.63) is 69.7 Å². The van der Waals surface area contributed by atoms with Crippen molar-refractivity contribution < 1.29 is 14.0 Å². The maximum atomic E-state index is 12.7. The van der Waals surface area contributed by atoms with E-state index in [4.69, 9.17) is 16.0 Å². The first-order valence-corrected chi connectivity index (χ1v) is 10.1. The quantitative estimate of drug-likeness (QED) is 0.478. The molecular formula is C22H19ClN4O4. The summed E-state index contributed by atoms with van der Waals surface area (Å²) < 4.78 is 6.79. The van der Waals surface area contributed by atoms with Crippen LogP contribution in [0.4, 0.5) is 5.69 Å². The van der Waals surface area contributed by atoms with Crippen LogP contribution >= 0.6 is 11.6 Å². The molecule has 4 rings (SSSR count). The first kappa shape index (κ1) is 20.6. The van der Waals surface area contributed by atoms with E-state index in [1.807, 2.05) is 19.1 Å². The molecule has 8 nitrogen and oxygen atoms in total. The highest BCUT2D eigenvalue weighted by molar-refractivity contribution is 6.34. The fourth-order valence-corrected chi connectivity index (χ4v) is 3.46. The van der Waals surface area contributed by atoms with Gasteiger partial charge in [0.05, 0.1) is 16.9 Å². The molecule has 2 N–H and O–H groups in total. The number of halogens is 1. The molecule has 0 fully saturated rings. The van der Waals surface area contributed by atoms with E-state index in [1.54, 1.807) is 18.2 Å². The summed E-state index contributed by atoms with van der Waals surface area (Å²) in [6.07, 6.45) is 2.13. The Kier molecular flexibility index (Phi) is 5.73. The second-order valence-electron chi connectivity index (χ2n) is 6.95. The predicted octanol–water partition coefficient (Wildman–Crippen LogP) is 3.57. The van der Waals surface area contributed by atoms with Crippen LogP contribution in [-0.4, -0.2) is 27.9 Å². The Bertz CT molecular complexity index is 1360. The summed E-state index contributed by atoms with van der Waals surface area (Å²) in [6, 6.07) is 11.8. The van der Waals surface area contributed by atoms with Crippen LogP contribution in [0.15, 0.2) is 58.0 Å². The van der Waals surface area contributed by atoms with Gasteiger partial charge in [0.1, 0.15) is 17.6 Å². The lowest BCUT2D eigenvalue weighted by atomic mass is 10.2. The van der Waals surface area contributed by atoms with E-state index in [2.05, 4.69) is 15.6 Å². The zero-order valence-corrected chi connectivity index (χ0v) is 17.4. The van der Waals surface area contributed by atoms with Crippen LogP contribution in [0.3, 0.4) is 0 Å². The van der Waals surface area contributed by atoms with Crippen LogP contribution in [0, 0.1) is 0 Å². The highest BCUT2D eigenvalue weighted by Gasteiger charge is 2.15. The summed E-state index contributed by atoms with van der Waals surface area (Å²) >= 11 is 6.19. The normalized spacial score (nSPS) is 11.0. The van der Waals surface area contributed by atoms with Gasteiger partial charge in [-0.05, 0) is 36.8 Å². The molecule has 2 aromatic carbocycles. The van der Waals surface area contributed by atoms with Crippen LogP contribution in [0.2, 0.25) is 5.02 Å². The molecule has 2 aromatic heterocycles. The molecule has 0 spiro atoms. The molecule has 0 saturated heterocycles. The van der Waals surface area contributed by atoms with Gasteiger partial charge >= 0.3 is 0 Å². The number of amides is 2. The minimum Gasteiger partial charge on any atom is -0.448 e. The summed E-state index contributed by atoms with van der Waals surface area (Å²) in [6.45, 7) is 2.24. The number of carbonyl (C=O) groups is 2. The first-order valence-electron chi connectivity index (χ1n) is 9.72. The second kappa shape index (κ2) is 8.61. The van der Waals surface area contributed by atoms with E-state index < -0.39 is 11.5 Å². The number of anilines is 1. The van der Waals surface area contributed by atoms with Crippen LogP contribution in [-0.2, 0) is 11.3 Å². The number of carbonyl (C=O) groups excluding carboxylic acids is 2. The number of benzene rings is 2. The maximum Gasteiger partial charge on any atom is 0.297 e. The summed E-state index contributed by atoms with van der Waals surface area (Å²) in [5.74, 6) is -0.722. The summed E-state index contributed by atoms with van der Waals surface area (Å²) in [7, 11) is 0. The van der Waals surface area contributed by atoms with Gasteiger partial charge in [-0.1, -0.05) is 30.7 Å². The van der Waals surface area contributed by atoms with E-state index in [1.165, 1.54) is 23.0 Å². The average molecular weight is 439 g/mol. The van der Waals surface area contributed by atoms with Crippen molar-refractivity contribution in [2.45, 2.75) is 19.9 Å². The standard InChI is InChI=1S/C22H19ClN4O4/c1-2-9-24-21(29)14-8-7-13(10-16(14)23)26-18(28)11-27-12-25-19-15-5-3-4-6-17(15)31-20(19)22(27)30/h3-8,10,12H,2,9,11H2,1H3,(H,24,29)(H,26,28). The number of furan rings is 1. The highest BCUT2D eigenvalue weighted by Crippen LogP contribution is 2.24. The van der Waals surface area contributed by atoms with E-state index in [-0.39, 0.29) is 23.1 Å². The minimum absolute atomic E-state index is 0.0991. The lowest BCUT2D eigenvalue weighted by molar-refractivity contribution is -0.116. The van der Waals surface area contributed by atoms with Gasteiger partial charge in [0.15, 0.2) is 0 Å². The number of fused-ring (bicyclic) bond motifs is 3. The minimum atomic E-state index is -0.447. The van der Waals surface area contributed by atoms with Crippen LogP contribution < -0.4 is 16.2 Å². The van der Waals surface area contributed by atoms with Crippen molar-refractivity contribution in [3.63, 3.8) is 0 Å². The van der Waals surface area contributed by atoms with Gasteiger partial charge in [0.2, 0.25) is 11.5 Å². The van der Waals surface area contributed by atoms with Crippen LogP contribution in [0.1, 0.15) is 23.7 Å². The van der Waals surface area contributed by atoms with E-state index in [0.717, 1.165) is 11.8 Å². The van der Waals surface area contributed by atoms with Gasteiger partial charge < -0.3 is 15.1 Å². The topological polar surface area (TPSA) is 106 Å². The van der Waals surface area contributed by atoms with Crippen molar-refractivity contribution in [2.24, 2.45) is 0 Å². The number of rotatable bonds is 6. The Labute approximate surface area is 181 Å². The van der Waals surface area contributed by atoms with E-state index in [0.29, 0.717) is 28.9 Å². The Morgan fingerprint density at radius 1 is 1.19 bits per heavy atom. The predicted molar refractivity (Wildman–Crippen MR) is 118 cm³/mol. The average Bonchev–Trinajstić information content (AvgIpc) is 3.13. The van der Waals surface area contributed by atoms with Gasteiger partial charge in [-0.25, -0.2) is 4.98 Å². The lowest BCUT2D eigenvalue weighted by Crippen LogP contribution is -2.27. The Balaban J connectivity index is 1.51. The smallest absolute Gasteiger partial charge is 0.297 e. The maximum absolute atomic E-state index is 12.7. The van der Waals surface area contributed by atoms with Crippen molar-refractivity contribution >= 4 is 51.2 Å². The third-order valence-electron chi connectivity index (χ3n) is 4.70. The number of nitrogens with zero attached hydrogens (tertiary/aromatic N) is 2. The van der Waals surface area contributed by atoms with Crippen molar-refractivity contribution in [2.75, 3.05) is 11.9 Å². The molecule has 9 heteroatoms. The number of hydrogen-bond donors (Lipinski definition) is 2. The van der Waals surface area contributed by atoms with E-state index >= 15 is 0 Å². The Hall–Kier alpha value is -3.65. The summed E-state index contributed by atoms with van der Waals surface area (Å²) in [4.78, 5) is 41.5. The highest BCUT2D eigenvalue weighted by atomic mass is 35.5. The molecule has 31 heavy (non-hydrogen) atoms. The number of hydrogen-bond acceptors (Lipinski definition) is 5. The molecule has 0 atom stereocenters. The molecule has 0 saturated carbocycles. The third-order valence-corrected chi connectivity index (χ3v) is 5.01. The van der Waals surface area contributed by atoms with Crippen LogP contribution in [0.25, 0.3) is 22.1 Å². The number of para-hydroxylation sites is 1. The van der Waals surface area contributed by atoms with Crippen molar-refractivity contribution in [1.29, 1.82) is 0 Å². The number of aromatic nitrogens is 2. The van der Waals surface area contributed by atoms with Crippen molar-refractivity contribution in [3.8, 4) is 0 Å². The fraction of sp³-hybridized carbons (Fsp3) is 0.182. The third kappa shape index (κ3) is 4.15. The molecule has 0 radical (unpaired) electrons. The molecule has 2 heterocycles. The molecule has 158 valence electrons. The molecule has 4 aromatic rings. The molecule has 2 amide bonds. The van der Waals surface area contributed by atoms with Gasteiger partial charge in [-0.15, -0.1) is 0 Å². The van der Waals surface area contributed by atoms with E-state index in [9.17, 15) is 14.4 Å². The molecular weight excluding hydrogens is 420 g/mol. The van der Waals surface area contributed by atoms with Crippen molar-refractivity contribution in [1.82, 2.24) is 14.9 Å². The van der Waals surface area contributed by atoms with Gasteiger partial charge in [0.25, 0.3) is 11.5 Å². The summed E-state index contributed by atoms with van der Waals surface area (Å²) in [5, 5.41) is 6.37. The van der Waals surface area contributed by atoms with Gasteiger partial charge in [-0.2, -0.15) is 0 Å². The SMILES string of the molecule is CCCNC(=O)c1ccc(NC(=O)Cn2cnc3c(oc4ccccc43)c2=O)cc1Cl. The molecule has 0 unspecified atom stereocenters.